The number of aryl methyl sites for hydroxylation is 1. The van der Waals surface area contributed by atoms with Gasteiger partial charge in [-0.3, -0.25) is 13.9 Å². The van der Waals surface area contributed by atoms with E-state index in [1.165, 1.54) is 24.1 Å². The van der Waals surface area contributed by atoms with E-state index in [0.29, 0.717) is 16.3 Å². The van der Waals surface area contributed by atoms with Crippen molar-refractivity contribution >= 4 is 39.1 Å². The van der Waals surface area contributed by atoms with Gasteiger partial charge in [0, 0.05) is 23.2 Å². The van der Waals surface area contributed by atoms with Crippen LogP contribution in [0.3, 0.4) is 0 Å². The molecule has 8 nitrogen and oxygen atoms in total. The highest BCUT2D eigenvalue weighted by atomic mass is 35.5. The van der Waals surface area contributed by atoms with Crippen molar-refractivity contribution in [3.8, 4) is 5.75 Å². The third kappa shape index (κ3) is 7.99. The number of nitrogens with one attached hydrogen (secondary N) is 1. The molecule has 0 radical (unpaired) electrons. The molecule has 1 N–H and O–H groups in total. The summed E-state index contributed by atoms with van der Waals surface area (Å²) in [7, 11) is -2.69. The highest BCUT2D eigenvalue weighted by Gasteiger charge is 2.33. The lowest BCUT2D eigenvalue weighted by molar-refractivity contribution is -0.140. The van der Waals surface area contributed by atoms with Gasteiger partial charge in [-0.1, -0.05) is 47.5 Å². The van der Waals surface area contributed by atoms with Gasteiger partial charge in [0.25, 0.3) is 10.0 Å². The molecule has 0 fully saturated rings. The summed E-state index contributed by atoms with van der Waals surface area (Å²) in [5.74, 6) is -0.491. The van der Waals surface area contributed by atoms with E-state index < -0.39 is 34.1 Å². The predicted octanol–water partition coefficient (Wildman–Crippen LogP) is 5.18. The SMILES string of the molecule is COc1cccc(N(CC(=O)N(Cc2cccc(Cl)c2)[C@H](C)C(=O)NC(C)(C)C)S(=O)(=O)c2ccc(C)cc2)c1. The quantitative estimate of drug-likeness (QED) is 0.353. The largest absolute Gasteiger partial charge is 0.497 e. The van der Waals surface area contributed by atoms with Crippen LogP contribution in [0, 0.1) is 6.92 Å². The van der Waals surface area contributed by atoms with Crippen molar-refractivity contribution in [1.82, 2.24) is 10.2 Å². The number of nitrogens with zero attached hydrogens (tertiary/aromatic N) is 2. The Morgan fingerprint density at radius 2 is 1.65 bits per heavy atom. The molecular formula is C30H36ClN3O5S. The van der Waals surface area contributed by atoms with Crippen molar-refractivity contribution in [3.05, 3.63) is 88.9 Å². The van der Waals surface area contributed by atoms with Gasteiger partial charge in [0.1, 0.15) is 18.3 Å². The van der Waals surface area contributed by atoms with Crippen molar-refractivity contribution < 1.29 is 22.7 Å². The molecule has 0 aliphatic heterocycles. The van der Waals surface area contributed by atoms with Crippen LogP contribution in [0.15, 0.2) is 77.7 Å². The number of hydrogen-bond acceptors (Lipinski definition) is 5. The average molecular weight is 586 g/mol. The van der Waals surface area contributed by atoms with Crippen molar-refractivity contribution in [1.29, 1.82) is 0 Å². The summed E-state index contributed by atoms with van der Waals surface area (Å²) in [5.41, 5.74) is 1.32. The molecule has 3 rings (SSSR count). The van der Waals surface area contributed by atoms with Gasteiger partial charge in [-0.15, -0.1) is 0 Å². The number of sulfonamides is 1. The number of rotatable bonds is 10. The van der Waals surface area contributed by atoms with Gasteiger partial charge in [0.05, 0.1) is 17.7 Å². The Morgan fingerprint density at radius 1 is 1.00 bits per heavy atom. The van der Waals surface area contributed by atoms with Gasteiger partial charge < -0.3 is 15.0 Å². The molecule has 10 heteroatoms. The van der Waals surface area contributed by atoms with Gasteiger partial charge in [-0.2, -0.15) is 0 Å². The van der Waals surface area contributed by atoms with E-state index in [0.717, 1.165) is 9.87 Å². The molecule has 0 heterocycles. The minimum Gasteiger partial charge on any atom is -0.497 e. The maximum absolute atomic E-state index is 14.0. The molecule has 0 spiro atoms. The van der Waals surface area contributed by atoms with Crippen LogP contribution in [0.1, 0.15) is 38.8 Å². The van der Waals surface area contributed by atoms with E-state index in [9.17, 15) is 18.0 Å². The van der Waals surface area contributed by atoms with Gasteiger partial charge >= 0.3 is 0 Å². The Bertz CT molecular complexity index is 1450. The number of halogens is 1. The number of carbonyl (C=O) groups excluding carboxylic acids is 2. The summed E-state index contributed by atoms with van der Waals surface area (Å²) in [4.78, 5) is 28.6. The second-order valence-electron chi connectivity index (χ2n) is 10.6. The zero-order chi connectivity index (χ0) is 29.7. The fraction of sp³-hybridized carbons (Fsp3) is 0.333. The second-order valence-corrected chi connectivity index (χ2v) is 12.9. The molecule has 0 aliphatic carbocycles. The Hall–Kier alpha value is -3.56. The summed E-state index contributed by atoms with van der Waals surface area (Å²) < 4.78 is 34.2. The Kier molecular flexibility index (Phi) is 9.87. The summed E-state index contributed by atoms with van der Waals surface area (Å²) in [5, 5.41) is 3.39. The normalized spacial score (nSPS) is 12.4. The van der Waals surface area contributed by atoms with Crippen molar-refractivity contribution in [2.75, 3.05) is 18.0 Å². The molecule has 0 saturated carbocycles. The van der Waals surface area contributed by atoms with Crippen LogP contribution < -0.4 is 14.4 Å². The van der Waals surface area contributed by atoms with E-state index >= 15 is 0 Å². The van der Waals surface area contributed by atoms with Gasteiger partial charge in [-0.25, -0.2) is 8.42 Å². The molecule has 0 saturated heterocycles. The van der Waals surface area contributed by atoms with E-state index in [2.05, 4.69) is 5.32 Å². The van der Waals surface area contributed by atoms with Crippen LogP contribution in [0.5, 0.6) is 5.75 Å². The molecule has 0 bridgehead atoms. The van der Waals surface area contributed by atoms with Crippen LogP contribution >= 0.6 is 11.6 Å². The second kappa shape index (κ2) is 12.7. The molecule has 40 heavy (non-hydrogen) atoms. The first-order valence-corrected chi connectivity index (χ1v) is 14.6. The van der Waals surface area contributed by atoms with Crippen LogP contribution in [0.25, 0.3) is 0 Å². The minimum absolute atomic E-state index is 0.0358. The Labute approximate surface area is 241 Å². The predicted molar refractivity (Wildman–Crippen MR) is 158 cm³/mol. The summed E-state index contributed by atoms with van der Waals surface area (Å²) >= 11 is 6.19. The minimum atomic E-state index is -4.17. The van der Waals surface area contributed by atoms with Crippen molar-refractivity contribution in [2.45, 2.75) is 57.6 Å². The molecule has 0 aromatic heterocycles. The number of carbonyl (C=O) groups is 2. The first-order chi connectivity index (χ1) is 18.7. The molecule has 0 unspecified atom stereocenters. The molecular weight excluding hydrogens is 550 g/mol. The highest BCUT2D eigenvalue weighted by Crippen LogP contribution is 2.28. The van der Waals surface area contributed by atoms with Gasteiger partial charge in [0.2, 0.25) is 11.8 Å². The number of hydrogen-bond donors (Lipinski definition) is 1. The Morgan fingerprint density at radius 3 is 2.25 bits per heavy atom. The maximum atomic E-state index is 14.0. The molecule has 2 amide bonds. The monoisotopic (exact) mass is 585 g/mol. The number of anilines is 1. The topological polar surface area (TPSA) is 96.0 Å². The van der Waals surface area contributed by atoms with Crippen LogP contribution in [0.4, 0.5) is 5.69 Å². The van der Waals surface area contributed by atoms with Crippen LogP contribution in [0.2, 0.25) is 5.02 Å². The first kappa shape index (κ1) is 31.0. The van der Waals surface area contributed by atoms with Crippen LogP contribution in [-0.4, -0.2) is 50.4 Å². The molecule has 3 aromatic rings. The lowest BCUT2D eigenvalue weighted by atomic mass is 10.1. The smallest absolute Gasteiger partial charge is 0.264 e. The molecule has 214 valence electrons. The number of ether oxygens (including phenoxy) is 1. The average Bonchev–Trinajstić information content (AvgIpc) is 2.89. The summed E-state index contributed by atoms with van der Waals surface area (Å²) in [6, 6.07) is 19.0. The van der Waals surface area contributed by atoms with Crippen molar-refractivity contribution in [3.63, 3.8) is 0 Å². The molecule has 1 atom stereocenters. The summed E-state index contributed by atoms with van der Waals surface area (Å²) in [6.45, 7) is 8.52. The van der Waals surface area contributed by atoms with E-state index in [1.54, 1.807) is 67.6 Å². The third-order valence-electron chi connectivity index (χ3n) is 6.14. The van der Waals surface area contributed by atoms with E-state index in [1.807, 2.05) is 27.7 Å². The molecule has 3 aromatic carbocycles. The molecule has 0 aliphatic rings. The van der Waals surface area contributed by atoms with E-state index in [-0.39, 0.29) is 23.0 Å². The first-order valence-electron chi connectivity index (χ1n) is 12.8. The highest BCUT2D eigenvalue weighted by molar-refractivity contribution is 7.92. The number of amides is 2. The Balaban J connectivity index is 2.06. The maximum Gasteiger partial charge on any atom is 0.264 e. The zero-order valence-electron chi connectivity index (χ0n) is 23.6. The van der Waals surface area contributed by atoms with Crippen LogP contribution in [-0.2, 0) is 26.2 Å². The fourth-order valence-electron chi connectivity index (χ4n) is 4.02. The number of benzene rings is 3. The fourth-order valence-corrected chi connectivity index (χ4v) is 5.64. The lowest BCUT2D eigenvalue weighted by Crippen LogP contribution is -2.54. The zero-order valence-corrected chi connectivity index (χ0v) is 25.2. The van der Waals surface area contributed by atoms with Gasteiger partial charge in [0.15, 0.2) is 0 Å². The summed E-state index contributed by atoms with van der Waals surface area (Å²) in [6.07, 6.45) is 0. The van der Waals surface area contributed by atoms with Gasteiger partial charge in [-0.05, 0) is 76.6 Å². The standard InChI is InChI=1S/C30H36ClN3O5S/c1-21-13-15-27(16-14-21)40(37,38)34(25-11-8-12-26(18-25)39-6)20-28(35)33(19-23-9-7-10-24(31)17-23)22(2)29(36)32-30(3,4)5/h7-18,22H,19-20H2,1-6H3,(H,32,36)/t22-/m1/s1. The van der Waals surface area contributed by atoms with Crippen molar-refractivity contribution in [2.24, 2.45) is 0 Å². The third-order valence-corrected chi connectivity index (χ3v) is 8.16. The van der Waals surface area contributed by atoms with E-state index in [4.69, 9.17) is 16.3 Å². The number of methoxy groups -OCH3 is 1. The lowest BCUT2D eigenvalue weighted by Gasteiger charge is -2.33.